The Morgan fingerprint density at radius 1 is 1.50 bits per heavy atom. The van der Waals surface area contributed by atoms with Crippen molar-refractivity contribution in [3.05, 3.63) is 21.6 Å². The minimum Gasteiger partial charge on any atom is -0.373 e. The Kier molecular flexibility index (Phi) is 3.50. The molecule has 2 saturated carbocycles. The normalized spacial score (nSPS) is 21.6. The van der Waals surface area contributed by atoms with Crippen LogP contribution in [0.5, 0.6) is 0 Å². The van der Waals surface area contributed by atoms with Crippen LogP contribution >= 0.6 is 11.6 Å². The fourth-order valence-electron chi connectivity index (χ4n) is 2.58. The number of nitrogens with zero attached hydrogens (tertiary/aromatic N) is 2. The quantitative estimate of drug-likeness (QED) is 0.840. The fourth-order valence-corrected chi connectivity index (χ4v) is 2.75. The molecule has 6 heteroatoms. The Morgan fingerprint density at radius 2 is 2.20 bits per heavy atom. The van der Waals surface area contributed by atoms with Gasteiger partial charge in [-0.05, 0) is 44.4 Å². The zero-order valence-corrected chi connectivity index (χ0v) is 12.5. The van der Waals surface area contributed by atoms with Crippen LogP contribution in [0.1, 0.15) is 32.6 Å². The molecule has 1 aromatic heterocycles. The second-order valence-corrected chi connectivity index (χ2v) is 6.73. The summed E-state index contributed by atoms with van der Waals surface area (Å²) in [6.45, 7) is 3.23. The minimum atomic E-state index is -0.262. The molecule has 1 atom stereocenters. The molecule has 1 unspecified atom stereocenters. The maximum absolute atomic E-state index is 12.5. The third kappa shape index (κ3) is 2.69. The van der Waals surface area contributed by atoms with Crippen molar-refractivity contribution >= 4 is 17.3 Å². The van der Waals surface area contributed by atoms with Crippen molar-refractivity contribution in [2.75, 3.05) is 11.9 Å². The zero-order valence-electron chi connectivity index (χ0n) is 11.7. The predicted molar refractivity (Wildman–Crippen MR) is 80.0 cm³/mol. The van der Waals surface area contributed by atoms with Crippen LogP contribution in [0.25, 0.3) is 0 Å². The molecule has 0 aliphatic heterocycles. The van der Waals surface area contributed by atoms with Gasteiger partial charge in [-0.1, -0.05) is 11.6 Å². The number of rotatable bonds is 6. The summed E-state index contributed by atoms with van der Waals surface area (Å²) >= 11 is 6.16. The van der Waals surface area contributed by atoms with E-state index in [1.807, 2.05) is 0 Å². The van der Waals surface area contributed by atoms with Gasteiger partial charge in [0, 0.05) is 18.6 Å². The zero-order chi connectivity index (χ0) is 14.3. The highest BCUT2D eigenvalue weighted by molar-refractivity contribution is 6.33. The van der Waals surface area contributed by atoms with Gasteiger partial charge < -0.3 is 11.1 Å². The number of nitrogens with one attached hydrogen (secondary N) is 1. The summed E-state index contributed by atoms with van der Waals surface area (Å²) in [4.78, 5) is 12.5. The molecule has 1 aromatic rings. The predicted octanol–water partition coefficient (Wildman–Crippen LogP) is 1.85. The summed E-state index contributed by atoms with van der Waals surface area (Å²) in [5.41, 5.74) is 5.94. The fraction of sp³-hybridized carbons (Fsp3) is 0.714. The van der Waals surface area contributed by atoms with Crippen molar-refractivity contribution < 1.29 is 0 Å². The molecule has 3 N–H and O–H groups in total. The minimum absolute atomic E-state index is 0.135. The van der Waals surface area contributed by atoms with Crippen LogP contribution in [0.4, 0.5) is 5.69 Å². The first-order valence-corrected chi connectivity index (χ1v) is 7.65. The lowest BCUT2D eigenvalue weighted by molar-refractivity contribution is 0.456. The molecule has 0 aromatic carbocycles. The van der Waals surface area contributed by atoms with E-state index in [2.05, 4.69) is 17.3 Å². The topological polar surface area (TPSA) is 72.9 Å². The molecule has 2 fully saturated rings. The van der Waals surface area contributed by atoms with Crippen LogP contribution < -0.4 is 16.6 Å². The second-order valence-electron chi connectivity index (χ2n) is 6.32. The summed E-state index contributed by atoms with van der Waals surface area (Å²) in [5.74, 6) is 1.12. The van der Waals surface area contributed by atoms with E-state index < -0.39 is 0 Å². The molecule has 0 amide bonds. The van der Waals surface area contributed by atoms with E-state index in [4.69, 9.17) is 17.3 Å². The summed E-state index contributed by atoms with van der Waals surface area (Å²) < 4.78 is 1.52. The molecule has 2 aliphatic rings. The molecule has 0 saturated heterocycles. The van der Waals surface area contributed by atoms with E-state index in [0.29, 0.717) is 35.6 Å². The maximum Gasteiger partial charge on any atom is 0.291 e. The monoisotopic (exact) mass is 296 g/mol. The van der Waals surface area contributed by atoms with Crippen molar-refractivity contribution in [3.8, 4) is 0 Å². The van der Waals surface area contributed by atoms with Gasteiger partial charge >= 0.3 is 0 Å². The van der Waals surface area contributed by atoms with E-state index >= 15 is 0 Å². The molecule has 0 spiro atoms. The molecule has 1 heterocycles. The number of nitrogens with two attached hydrogens (primary N) is 1. The Labute approximate surface area is 123 Å². The highest BCUT2D eigenvalue weighted by Gasteiger charge is 2.41. The molecule has 20 heavy (non-hydrogen) atoms. The number of hydrogen-bond donors (Lipinski definition) is 2. The van der Waals surface area contributed by atoms with Crippen molar-refractivity contribution in [1.29, 1.82) is 0 Å². The van der Waals surface area contributed by atoms with Gasteiger partial charge in [-0.3, -0.25) is 4.79 Å². The second kappa shape index (κ2) is 5.04. The summed E-state index contributed by atoms with van der Waals surface area (Å²) in [6, 6.07) is 0. The van der Waals surface area contributed by atoms with E-state index in [-0.39, 0.29) is 11.1 Å². The van der Waals surface area contributed by atoms with Crippen LogP contribution in [-0.2, 0) is 6.54 Å². The average Bonchev–Trinajstić information content (AvgIpc) is 3.28. The molecule has 3 rings (SSSR count). The van der Waals surface area contributed by atoms with Gasteiger partial charge in [-0.15, -0.1) is 0 Å². The molecule has 0 radical (unpaired) electrons. The largest absolute Gasteiger partial charge is 0.373 e. The molecular weight excluding hydrogens is 276 g/mol. The van der Waals surface area contributed by atoms with Crippen LogP contribution in [0.2, 0.25) is 5.02 Å². The highest BCUT2D eigenvalue weighted by atomic mass is 35.5. The first-order valence-electron chi connectivity index (χ1n) is 7.27. The van der Waals surface area contributed by atoms with Crippen molar-refractivity contribution in [1.82, 2.24) is 9.78 Å². The Balaban J connectivity index is 1.89. The first-order chi connectivity index (χ1) is 9.53. The summed E-state index contributed by atoms with van der Waals surface area (Å²) in [7, 11) is 0. The van der Waals surface area contributed by atoms with Gasteiger partial charge in [0.15, 0.2) is 0 Å². The van der Waals surface area contributed by atoms with E-state index in [1.165, 1.54) is 17.5 Å². The van der Waals surface area contributed by atoms with Crippen molar-refractivity contribution in [2.24, 2.45) is 17.6 Å². The summed E-state index contributed by atoms with van der Waals surface area (Å²) in [5, 5.41) is 7.82. The smallest absolute Gasteiger partial charge is 0.291 e. The molecule has 0 bridgehead atoms. The lowest BCUT2D eigenvalue weighted by Gasteiger charge is -2.30. The van der Waals surface area contributed by atoms with Gasteiger partial charge in [-0.2, -0.15) is 5.10 Å². The van der Waals surface area contributed by atoms with Gasteiger partial charge in [0.2, 0.25) is 0 Å². The SMILES string of the molecule is CC(CN)(Nc1c(Cl)cnn(CC2CC2)c1=O)C1CC1. The average molecular weight is 297 g/mol. The third-order valence-corrected chi connectivity index (χ3v) is 4.73. The molecule has 2 aliphatic carbocycles. The Bertz CT molecular complexity index is 565. The third-order valence-electron chi connectivity index (χ3n) is 4.44. The Hall–Kier alpha value is -1.07. The molecule has 5 nitrogen and oxygen atoms in total. The Morgan fingerprint density at radius 3 is 2.75 bits per heavy atom. The maximum atomic E-state index is 12.5. The summed E-state index contributed by atoms with van der Waals surface area (Å²) in [6.07, 6.45) is 6.22. The van der Waals surface area contributed by atoms with Crippen molar-refractivity contribution in [2.45, 2.75) is 44.7 Å². The van der Waals surface area contributed by atoms with E-state index in [1.54, 1.807) is 6.20 Å². The van der Waals surface area contributed by atoms with Gasteiger partial charge in [0.25, 0.3) is 5.56 Å². The van der Waals surface area contributed by atoms with Crippen molar-refractivity contribution in [3.63, 3.8) is 0 Å². The number of hydrogen-bond acceptors (Lipinski definition) is 4. The molecular formula is C14H21ClN4O. The highest BCUT2D eigenvalue weighted by Crippen LogP contribution is 2.41. The lowest BCUT2D eigenvalue weighted by atomic mass is 9.95. The number of aromatic nitrogens is 2. The van der Waals surface area contributed by atoms with Gasteiger partial charge in [-0.25, -0.2) is 4.68 Å². The number of halogens is 1. The van der Waals surface area contributed by atoms with Crippen LogP contribution in [0.15, 0.2) is 11.0 Å². The van der Waals surface area contributed by atoms with Gasteiger partial charge in [0.05, 0.1) is 11.2 Å². The van der Waals surface area contributed by atoms with Crippen LogP contribution in [-0.4, -0.2) is 21.9 Å². The van der Waals surface area contributed by atoms with E-state index in [0.717, 1.165) is 12.8 Å². The first kappa shape index (κ1) is 13.9. The van der Waals surface area contributed by atoms with Crippen LogP contribution in [0, 0.1) is 11.8 Å². The standard InChI is InChI=1S/C14H21ClN4O/c1-14(8-16,10-4-5-10)18-12-11(15)6-17-19(13(12)20)7-9-2-3-9/h6,9-10,18H,2-5,7-8,16H2,1H3. The molecule has 110 valence electrons. The van der Waals surface area contributed by atoms with E-state index in [9.17, 15) is 4.79 Å². The van der Waals surface area contributed by atoms with Crippen LogP contribution in [0.3, 0.4) is 0 Å². The lowest BCUT2D eigenvalue weighted by Crippen LogP contribution is -2.46. The van der Waals surface area contributed by atoms with Gasteiger partial charge in [0.1, 0.15) is 5.69 Å². The number of anilines is 1.